The van der Waals surface area contributed by atoms with Gasteiger partial charge >= 0.3 is 5.97 Å². The molecule has 20 heavy (non-hydrogen) atoms. The molecule has 0 saturated heterocycles. The predicted octanol–water partition coefficient (Wildman–Crippen LogP) is 3.89. The summed E-state index contributed by atoms with van der Waals surface area (Å²) in [5.41, 5.74) is 2.16. The van der Waals surface area contributed by atoms with E-state index >= 15 is 0 Å². The first kappa shape index (κ1) is 12.7. The van der Waals surface area contributed by atoms with E-state index in [1.54, 1.807) is 30.3 Å². The molecule has 3 nitrogen and oxygen atoms in total. The van der Waals surface area contributed by atoms with Crippen LogP contribution in [0, 0.1) is 5.82 Å². The lowest BCUT2D eigenvalue weighted by molar-refractivity contribution is 0.0601. The molecule has 0 bridgehead atoms. The quantitative estimate of drug-likeness (QED) is 0.671. The number of thiazole rings is 1. The molecule has 0 spiro atoms. The van der Waals surface area contributed by atoms with Crippen LogP contribution in [0.15, 0.2) is 42.5 Å². The van der Waals surface area contributed by atoms with E-state index in [4.69, 9.17) is 4.74 Å². The van der Waals surface area contributed by atoms with Gasteiger partial charge in [0.2, 0.25) is 0 Å². The lowest BCUT2D eigenvalue weighted by atomic mass is 10.2. The van der Waals surface area contributed by atoms with E-state index in [1.807, 2.05) is 0 Å². The molecule has 1 aromatic heterocycles. The van der Waals surface area contributed by atoms with E-state index in [0.717, 1.165) is 20.8 Å². The van der Waals surface area contributed by atoms with Crippen LogP contribution in [0.3, 0.4) is 0 Å². The van der Waals surface area contributed by atoms with Crippen LogP contribution in [0.2, 0.25) is 0 Å². The Labute approximate surface area is 118 Å². The average molecular weight is 287 g/mol. The maximum Gasteiger partial charge on any atom is 0.337 e. The first-order valence-corrected chi connectivity index (χ1v) is 6.74. The van der Waals surface area contributed by atoms with Gasteiger partial charge in [-0.1, -0.05) is 0 Å². The van der Waals surface area contributed by atoms with Crippen LogP contribution in [0.4, 0.5) is 4.39 Å². The van der Waals surface area contributed by atoms with Gasteiger partial charge in [-0.3, -0.25) is 0 Å². The normalized spacial score (nSPS) is 10.7. The van der Waals surface area contributed by atoms with Crippen LogP contribution in [0.25, 0.3) is 20.8 Å². The lowest BCUT2D eigenvalue weighted by Gasteiger charge is -1.97. The second-order valence-corrected chi connectivity index (χ2v) is 5.23. The Kier molecular flexibility index (Phi) is 3.20. The third kappa shape index (κ3) is 2.28. The maximum absolute atomic E-state index is 12.9. The Balaban J connectivity index is 2.06. The molecule has 100 valence electrons. The van der Waals surface area contributed by atoms with E-state index in [0.29, 0.717) is 5.56 Å². The van der Waals surface area contributed by atoms with Crippen molar-refractivity contribution in [3.63, 3.8) is 0 Å². The van der Waals surface area contributed by atoms with Crippen molar-refractivity contribution < 1.29 is 13.9 Å². The molecular formula is C15H10FNO2S. The molecule has 2 aromatic carbocycles. The van der Waals surface area contributed by atoms with Gasteiger partial charge in [-0.05, 0) is 42.5 Å². The van der Waals surface area contributed by atoms with Crippen LogP contribution in [-0.4, -0.2) is 18.1 Å². The molecule has 5 heteroatoms. The molecule has 1 heterocycles. The van der Waals surface area contributed by atoms with Gasteiger partial charge in [0, 0.05) is 5.56 Å². The van der Waals surface area contributed by atoms with Crippen molar-refractivity contribution in [2.24, 2.45) is 0 Å². The fourth-order valence-corrected chi connectivity index (χ4v) is 2.90. The molecule has 0 amide bonds. The number of methoxy groups -OCH3 is 1. The Morgan fingerprint density at radius 3 is 2.65 bits per heavy atom. The van der Waals surface area contributed by atoms with Crippen LogP contribution in [0.1, 0.15) is 10.4 Å². The van der Waals surface area contributed by atoms with Gasteiger partial charge in [0.1, 0.15) is 10.8 Å². The average Bonchev–Trinajstić information content (AvgIpc) is 2.90. The number of halogens is 1. The number of rotatable bonds is 2. The number of esters is 1. The molecule has 0 aliphatic rings. The monoisotopic (exact) mass is 287 g/mol. The van der Waals surface area contributed by atoms with Gasteiger partial charge in [-0.2, -0.15) is 0 Å². The summed E-state index contributed by atoms with van der Waals surface area (Å²) in [6.07, 6.45) is 0. The first-order valence-electron chi connectivity index (χ1n) is 5.92. The number of fused-ring (bicyclic) bond motifs is 1. The van der Waals surface area contributed by atoms with Crippen molar-refractivity contribution in [1.29, 1.82) is 0 Å². The van der Waals surface area contributed by atoms with Gasteiger partial charge < -0.3 is 4.74 Å². The number of hydrogen-bond acceptors (Lipinski definition) is 4. The number of benzene rings is 2. The van der Waals surface area contributed by atoms with Crippen molar-refractivity contribution in [3.05, 3.63) is 53.8 Å². The van der Waals surface area contributed by atoms with E-state index < -0.39 is 0 Å². The van der Waals surface area contributed by atoms with Crippen molar-refractivity contribution in [2.45, 2.75) is 0 Å². The van der Waals surface area contributed by atoms with E-state index in [2.05, 4.69) is 4.98 Å². The zero-order valence-corrected chi connectivity index (χ0v) is 11.4. The second kappa shape index (κ2) is 5.02. The molecule has 0 unspecified atom stereocenters. The van der Waals surface area contributed by atoms with E-state index in [1.165, 1.54) is 30.6 Å². The fraction of sp³-hybridized carbons (Fsp3) is 0.0667. The maximum atomic E-state index is 12.9. The van der Waals surface area contributed by atoms with Crippen molar-refractivity contribution in [1.82, 2.24) is 4.98 Å². The molecule has 0 aliphatic carbocycles. The molecule has 0 fully saturated rings. The number of carbonyl (C=O) groups excluding carboxylic acids is 1. The summed E-state index contributed by atoms with van der Waals surface area (Å²) in [7, 11) is 1.35. The molecule has 3 aromatic rings. The third-order valence-electron chi connectivity index (χ3n) is 2.90. The zero-order chi connectivity index (χ0) is 14.1. The highest BCUT2D eigenvalue weighted by Crippen LogP contribution is 2.30. The summed E-state index contributed by atoms with van der Waals surface area (Å²) in [5, 5.41) is 0.794. The number of hydrogen-bond donors (Lipinski definition) is 0. The Bertz CT molecular complexity index is 780. The Morgan fingerprint density at radius 2 is 1.95 bits per heavy atom. The zero-order valence-electron chi connectivity index (χ0n) is 10.6. The van der Waals surface area contributed by atoms with Gasteiger partial charge in [0.15, 0.2) is 0 Å². The Hall–Kier alpha value is -2.27. The minimum absolute atomic E-state index is 0.275. The molecule has 0 saturated carbocycles. The van der Waals surface area contributed by atoms with Crippen molar-refractivity contribution >= 4 is 27.5 Å². The summed E-state index contributed by atoms with van der Waals surface area (Å²) in [6.45, 7) is 0. The minimum atomic E-state index is -0.372. The molecular weight excluding hydrogens is 277 g/mol. The predicted molar refractivity (Wildman–Crippen MR) is 76.4 cm³/mol. The molecule has 0 atom stereocenters. The topological polar surface area (TPSA) is 39.2 Å². The number of aromatic nitrogens is 1. The van der Waals surface area contributed by atoms with Gasteiger partial charge in [0.25, 0.3) is 0 Å². The molecule has 3 rings (SSSR count). The minimum Gasteiger partial charge on any atom is -0.465 e. The van der Waals surface area contributed by atoms with Gasteiger partial charge in [-0.15, -0.1) is 11.3 Å². The summed E-state index contributed by atoms with van der Waals surface area (Å²) in [6, 6.07) is 11.4. The highest BCUT2D eigenvalue weighted by atomic mass is 32.1. The SMILES string of the molecule is COC(=O)c1ccc2nc(-c3ccc(F)cc3)sc2c1. The highest BCUT2D eigenvalue weighted by Gasteiger charge is 2.10. The van der Waals surface area contributed by atoms with Gasteiger partial charge in [0.05, 0.1) is 22.9 Å². The molecule has 0 radical (unpaired) electrons. The summed E-state index contributed by atoms with van der Waals surface area (Å²) >= 11 is 1.46. The highest BCUT2D eigenvalue weighted by molar-refractivity contribution is 7.21. The largest absolute Gasteiger partial charge is 0.465 e. The summed E-state index contributed by atoms with van der Waals surface area (Å²) < 4.78 is 18.5. The number of carbonyl (C=O) groups is 1. The van der Waals surface area contributed by atoms with Crippen LogP contribution >= 0.6 is 11.3 Å². The smallest absolute Gasteiger partial charge is 0.337 e. The summed E-state index contributed by atoms with van der Waals surface area (Å²) in [5.74, 6) is -0.647. The second-order valence-electron chi connectivity index (χ2n) is 4.20. The van der Waals surface area contributed by atoms with Crippen LogP contribution in [-0.2, 0) is 4.74 Å². The van der Waals surface area contributed by atoms with Crippen molar-refractivity contribution in [3.8, 4) is 10.6 Å². The van der Waals surface area contributed by atoms with Crippen LogP contribution in [0.5, 0.6) is 0 Å². The molecule has 0 aliphatic heterocycles. The number of ether oxygens (including phenoxy) is 1. The van der Waals surface area contributed by atoms with Crippen LogP contribution < -0.4 is 0 Å². The summed E-state index contributed by atoms with van der Waals surface area (Å²) in [4.78, 5) is 16.0. The van der Waals surface area contributed by atoms with Gasteiger partial charge in [-0.25, -0.2) is 14.2 Å². The third-order valence-corrected chi connectivity index (χ3v) is 3.97. The lowest BCUT2D eigenvalue weighted by Crippen LogP contribution is -1.99. The van der Waals surface area contributed by atoms with Crippen molar-refractivity contribution in [2.75, 3.05) is 7.11 Å². The van der Waals surface area contributed by atoms with E-state index in [-0.39, 0.29) is 11.8 Å². The molecule has 0 N–H and O–H groups in total. The number of nitrogens with zero attached hydrogens (tertiary/aromatic N) is 1. The first-order chi connectivity index (χ1) is 9.67. The Morgan fingerprint density at radius 1 is 1.20 bits per heavy atom. The fourth-order valence-electron chi connectivity index (χ4n) is 1.89. The standard InChI is InChI=1S/C15H10FNO2S/c1-19-15(18)10-4-7-12-13(8-10)20-14(17-12)9-2-5-11(16)6-3-9/h2-8H,1H3. The van der Waals surface area contributed by atoms with E-state index in [9.17, 15) is 9.18 Å².